The highest BCUT2D eigenvalue weighted by Gasteiger charge is 2.16. The average Bonchev–Trinajstić information content (AvgIpc) is 2.35. The molecule has 0 saturated carbocycles. The van der Waals surface area contributed by atoms with Crippen LogP contribution in [0.25, 0.3) is 0 Å². The van der Waals surface area contributed by atoms with Gasteiger partial charge in [-0.25, -0.2) is 0 Å². The number of nitriles is 1. The molecule has 0 heterocycles. The second kappa shape index (κ2) is 5.33. The molecule has 0 radical (unpaired) electrons. The highest BCUT2D eigenvalue weighted by atomic mass is 15.1. The standard InChI is InChI=1S/C15H20N2/c1-17(2)15(9-10-16)14-8-7-12-5-3-4-6-13(12)11-14/h7-8,11,15H,3-6,9H2,1-2H3. The Kier molecular flexibility index (Phi) is 3.81. The van der Waals surface area contributed by atoms with Crippen LogP contribution in [0.1, 0.15) is 42.0 Å². The lowest BCUT2D eigenvalue weighted by Gasteiger charge is -2.24. The Morgan fingerprint density at radius 1 is 1.24 bits per heavy atom. The van der Waals surface area contributed by atoms with E-state index in [0.717, 1.165) is 0 Å². The molecule has 1 atom stereocenters. The summed E-state index contributed by atoms with van der Waals surface area (Å²) in [7, 11) is 4.09. The normalized spacial score (nSPS) is 16.4. The van der Waals surface area contributed by atoms with Gasteiger partial charge >= 0.3 is 0 Å². The van der Waals surface area contributed by atoms with Crippen molar-refractivity contribution >= 4 is 0 Å². The molecular weight excluding hydrogens is 208 g/mol. The second-order valence-electron chi connectivity index (χ2n) is 5.08. The van der Waals surface area contributed by atoms with Gasteiger partial charge in [-0.05, 0) is 56.5 Å². The van der Waals surface area contributed by atoms with Crippen LogP contribution in [0, 0.1) is 11.3 Å². The van der Waals surface area contributed by atoms with Gasteiger partial charge in [0.05, 0.1) is 12.5 Å². The molecule has 0 saturated heterocycles. The maximum atomic E-state index is 8.91. The van der Waals surface area contributed by atoms with E-state index in [-0.39, 0.29) is 6.04 Å². The molecule has 1 aliphatic rings. The molecule has 0 bridgehead atoms. The Labute approximate surface area is 104 Å². The SMILES string of the molecule is CN(C)C(CC#N)c1ccc2c(c1)CCCC2. The van der Waals surface area contributed by atoms with Crippen LogP contribution in [0.4, 0.5) is 0 Å². The van der Waals surface area contributed by atoms with Crippen LogP contribution in [-0.4, -0.2) is 19.0 Å². The van der Waals surface area contributed by atoms with Crippen molar-refractivity contribution in [2.45, 2.75) is 38.1 Å². The molecule has 1 aromatic carbocycles. The molecule has 1 aliphatic carbocycles. The molecule has 90 valence electrons. The van der Waals surface area contributed by atoms with Crippen molar-refractivity contribution in [3.63, 3.8) is 0 Å². The zero-order chi connectivity index (χ0) is 12.3. The molecule has 0 aromatic heterocycles. The fourth-order valence-corrected chi connectivity index (χ4v) is 2.65. The third kappa shape index (κ3) is 2.68. The van der Waals surface area contributed by atoms with Crippen molar-refractivity contribution in [3.8, 4) is 6.07 Å². The minimum Gasteiger partial charge on any atom is -0.301 e. The van der Waals surface area contributed by atoms with Crippen LogP contribution in [0.2, 0.25) is 0 Å². The van der Waals surface area contributed by atoms with Gasteiger partial charge in [-0.2, -0.15) is 5.26 Å². The van der Waals surface area contributed by atoms with E-state index >= 15 is 0 Å². The molecule has 2 rings (SSSR count). The number of fused-ring (bicyclic) bond motifs is 1. The van der Waals surface area contributed by atoms with E-state index in [0.29, 0.717) is 6.42 Å². The lowest BCUT2D eigenvalue weighted by atomic mass is 9.88. The molecule has 2 nitrogen and oxygen atoms in total. The predicted octanol–water partition coefficient (Wildman–Crippen LogP) is 3.08. The maximum absolute atomic E-state index is 8.91. The van der Waals surface area contributed by atoms with Crippen molar-refractivity contribution in [2.24, 2.45) is 0 Å². The van der Waals surface area contributed by atoms with Gasteiger partial charge in [0.2, 0.25) is 0 Å². The molecule has 0 spiro atoms. The molecule has 0 N–H and O–H groups in total. The second-order valence-corrected chi connectivity index (χ2v) is 5.08. The van der Waals surface area contributed by atoms with E-state index in [4.69, 9.17) is 5.26 Å². The summed E-state index contributed by atoms with van der Waals surface area (Å²) in [6.07, 6.45) is 5.62. The summed E-state index contributed by atoms with van der Waals surface area (Å²) in [4.78, 5) is 2.13. The van der Waals surface area contributed by atoms with Crippen molar-refractivity contribution in [1.29, 1.82) is 5.26 Å². The highest BCUT2D eigenvalue weighted by molar-refractivity contribution is 5.35. The number of hydrogen-bond acceptors (Lipinski definition) is 2. The first-order chi connectivity index (χ1) is 8.22. The van der Waals surface area contributed by atoms with Crippen molar-refractivity contribution in [1.82, 2.24) is 4.90 Å². The minimum absolute atomic E-state index is 0.229. The van der Waals surface area contributed by atoms with E-state index in [1.165, 1.54) is 42.4 Å². The summed E-state index contributed by atoms with van der Waals surface area (Å²) in [6, 6.07) is 9.29. The summed E-state index contributed by atoms with van der Waals surface area (Å²) < 4.78 is 0. The largest absolute Gasteiger partial charge is 0.301 e. The Bertz CT molecular complexity index is 429. The first-order valence-corrected chi connectivity index (χ1v) is 6.37. The molecule has 0 fully saturated rings. The fourth-order valence-electron chi connectivity index (χ4n) is 2.65. The molecule has 0 amide bonds. The van der Waals surface area contributed by atoms with E-state index in [1.54, 1.807) is 0 Å². The van der Waals surface area contributed by atoms with Gasteiger partial charge in [0.1, 0.15) is 0 Å². The van der Waals surface area contributed by atoms with Crippen molar-refractivity contribution in [3.05, 3.63) is 34.9 Å². The average molecular weight is 228 g/mol. The van der Waals surface area contributed by atoms with E-state index in [2.05, 4.69) is 29.2 Å². The van der Waals surface area contributed by atoms with Gasteiger partial charge in [-0.3, -0.25) is 0 Å². The van der Waals surface area contributed by atoms with Gasteiger partial charge in [-0.1, -0.05) is 18.2 Å². The van der Waals surface area contributed by atoms with Crippen LogP contribution in [0.5, 0.6) is 0 Å². The fraction of sp³-hybridized carbons (Fsp3) is 0.533. The third-order valence-corrected chi connectivity index (χ3v) is 3.67. The molecule has 1 unspecified atom stereocenters. The predicted molar refractivity (Wildman–Crippen MR) is 69.7 cm³/mol. The quantitative estimate of drug-likeness (QED) is 0.795. The van der Waals surface area contributed by atoms with Gasteiger partial charge < -0.3 is 4.90 Å². The topological polar surface area (TPSA) is 27.0 Å². The Morgan fingerprint density at radius 3 is 2.59 bits per heavy atom. The van der Waals surface area contributed by atoms with Gasteiger partial charge in [0.25, 0.3) is 0 Å². The Balaban J connectivity index is 2.29. The van der Waals surface area contributed by atoms with E-state index in [9.17, 15) is 0 Å². The summed E-state index contributed by atoms with van der Waals surface area (Å²) >= 11 is 0. The van der Waals surface area contributed by atoms with Gasteiger partial charge in [0, 0.05) is 6.04 Å². The third-order valence-electron chi connectivity index (χ3n) is 3.67. The Morgan fingerprint density at radius 2 is 1.94 bits per heavy atom. The van der Waals surface area contributed by atoms with E-state index in [1.807, 2.05) is 14.1 Å². The van der Waals surface area contributed by atoms with Crippen LogP contribution in [-0.2, 0) is 12.8 Å². The number of benzene rings is 1. The summed E-state index contributed by atoms with van der Waals surface area (Å²) in [5, 5.41) is 8.91. The molecule has 0 aliphatic heterocycles. The zero-order valence-electron chi connectivity index (χ0n) is 10.7. The Hall–Kier alpha value is -1.33. The molecule has 1 aromatic rings. The zero-order valence-corrected chi connectivity index (χ0v) is 10.7. The monoisotopic (exact) mass is 228 g/mol. The highest BCUT2D eigenvalue weighted by Crippen LogP contribution is 2.27. The van der Waals surface area contributed by atoms with Crippen LogP contribution < -0.4 is 0 Å². The summed E-state index contributed by atoms with van der Waals surface area (Å²) in [6.45, 7) is 0. The lowest BCUT2D eigenvalue weighted by Crippen LogP contribution is -2.20. The summed E-state index contributed by atoms with van der Waals surface area (Å²) in [5.41, 5.74) is 4.30. The first-order valence-electron chi connectivity index (χ1n) is 6.37. The summed E-state index contributed by atoms with van der Waals surface area (Å²) in [5.74, 6) is 0. The minimum atomic E-state index is 0.229. The van der Waals surface area contributed by atoms with E-state index < -0.39 is 0 Å². The van der Waals surface area contributed by atoms with Gasteiger partial charge in [-0.15, -0.1) is 0 Å². The first kappa shape index (κ1) is 12.1. The molecule has 17 heavy (non-hydrogen) atoms. The molecule has 2 heteroatoms. The maximum Gasteiger partial charge on any atom is 0.0641 e. The van der Waals surface area contributed by atoms with Crippen molar-refractivity contribution < 1.29 is 0 Å². The number of aryl methyl sites for hydroxylation is 2. The number of hydrogen-bond donors (Lipinski definition) is 0. The lowest BCUT2D eigenvalue weighted by molar-refractivity contribution is 0.303. The van der Waals surface area contributed by atoms with Crippen LogP contribution >= 0.6 is 0 Å². The number of nitrogens with zero attached hydrogens (tertiary/aromatic N) is 2. The van der Waals surface area contributed by atoms with Crippen molar-refractivity contribution in [2.75, 3.05) is 14.1 Å². The van der Waals surface area contributed by atoms with Gasteiger partial charge in [0.15, 0.2) is 0 Å². The smallest absolute Gasteiger partial charge is 0.0641 e. The molecular formula is C15H20N2. The van der Waals surface area contributed by atoms with Crippen LogP contribution in [0.3, 0.4) is 0 Å². The van der Waals surface area contributed by atoms with Crippen LogP contribution in [0.15, 0.2) is 18.2 Å². The number of rotatable bonds is 3.